The van der Waals surface area contributed by atoms with Crippen LogP contribution in [0, 0.1) is 0 Å². The van der Waals surface area contributed by atoms with Gasteiger partial charge in [-0.3, -0.25) is 4.98 Å². The van der Waals surface area contributed by atoms with Gasteiger partial charge < -0.3 is 5.11 Å². The minimum absolute atomic E-state index is 0.461. The number of hydrogen-bond acceptors (Lipinski definition) is 2. The summed E-state index contributed by atoms with van der Waals surface area (Å²) in [6, 6.07) is 9.81. The van der Waals surface area contributed by atoms with Gasteiger partial charge in [-0.2, -0.15) is 0 Å². The molecule has 0 spiro atoms. The number of aliphatic hydroxyl groups excluding tert-OH is 1. The summed E-state index contributed by atoms with van der Waals surface area (Å²) >= 11 is 0. The molecule has 0 saturated carbocycles. The van der Waals surface area contributed by atoms with Crippen LogP contribution in [0.1, 0.15) is 24.5 Å². The van der Waals surface area contributed by atoms with Crippen LogP contribution in [0.2, 0.25) is 0 Å². The van der Waals surface area contributed by atoms with Crippen molar-refractivity contribution < 1.29 is 5.11 Å². The topological polar surface area (TPSA) is 33.1 Å². The van der Waals surface area contributed by atoms with Crippen LogP contribution in [0.15, 0.2) is 49.2 Å². The highest BCUT2D eigenvalue weighted by atomic mass is 16.3. The minimum atomic E-state index is -0.461. The van der Waals surface area contributed by atoms with Crippen LogP contribution < -0.4 is 0 Å². The highest BCUT2D eigenvalue weighted by Gasteiger charge is 2.10. The van der Waals surface area contributed by atoms with Crippen molar-refractivity contribution in [1.29, 1.82) is 0 Å². The SMILES string of the molecule is C=CCCC(O)c1cccc2cccnc12. The summed E-state index contributed by atoms with van der Waals surface area (Å²) < 4.78 is 0. The molecule has 0 fully saturated rings. The monoisotopic (exact) mass is 213 g/mol. The van der Waals surface area contributed by atoms with Gasteiger partial charge in [0.15, 0.2) is 0 Å². The van der Waals surface area contributed by atoms with Gasteiger partial charge in [-0.05, 0) is 18.9 Å². The second-order valence-electron chi connectivity index (χ2n) is 3.80. The second kappa shape index (κ2) is 4.90. The number of nitrogens with zero attached hydrogens (tertiary/aromatic N) is 1. The van der Waals surface area contributed by atoms with E-state index in [9.17, 15) is 5.11 Å². The second-order valence-corrected chi connectivity index (χ2v) is 3.80. The molecule has 2 rings (SSSR count). The van der Waals surface area contributed by atoms with Crippen LogP contribution in [0.25, 0.3) is 10.9 Å². The van der Waals surface area contributed by atoms with E-state index in [1.165, 1.54) is 0 Å². The van der Waals surface area contributed by atoms with Crippen molar-refractivity contribution in [2.75, 3.05) is 0 Å². The van der Waals surface area contributed by atoms with E-state index in [4.69, 9.17) is 0 Å². The molecule has 2 nitrogen and oxygen atoms in total. The van der Waals surface area contributed by atoms with Crippen LogP contribution in [0.4, 0.5) is 0 Å². The number of rotatable bonds is 4. The fourth-order valence-electron chi connectivity index (χ4n) is 1.83. The molecule has 0 bridgehead atoms. The first-order valence-corrected chi connectivity index (χ1v) is 5.45. The molecule has 0 aliphatic rings. The first-order chi connectivity index (χ1) is 7.83. The zero-order valence-electron chi connectivity index (χ0n) is 9.13. The fraction of sp³-hybridized carbons (Fsp3) is 0.214. The lowest BCUT2D eigenvalue weighted by atomic mass is 10.0. The van der Waals surface area contributed by atoms with Crippen molar-refractivity contribution >= 4 is 10.9 Å². The van der Waals surface area contributed by atoms with Crippen LogP contribution in [0.3, 0.4) is 0 Å². The van der Waals surface area contributed by atoms with Gasteiger partial charge >= 0.3 is 0 Å². The van der Waals surface area contributed by atoms with E-state index in [0.29, 0.717) is 6.42 Å². The van der Waals surface area contributed by atoms with Crippen LogP contribution in [0.5, 0.6) is 0 Å². The van der Waals surface area contributed by atoms with E-state index in [-0.39, 0.29) is 0 Å². The largest absolute Gasteiger partial charge is 0.388 e. The summed E-state index contributed by atoms with van der Waals surface area (Å²) in [4.78, 5) is 4.32. The standard InChI is InChI=1S/C14H15NO/c1-2-3-9-13(16)12-8-4-6-11-7-5-10-15-14(11)12/h2,4-8,10,13,16H,1,3,9H2. The Labute approximate surface area is 95.3 Å². The third-order valence-corrected chi connectivity index (χ3v) is 2.67. The molecule has 1 aromatic heterocycles. The smallest absolute Gasteiger partial charge is 0.0814 e. The van der Waals surface area contributed by atoms with Crippen molar-refractivity contribution in [2.45, 2.75) is 18.9 Å². The van der Waals surface area contributed by atoms with Gasteiger partial charge in [-0.25, -0.2) is 0 Å². The summed E-state index contributed by atoms with van der Waals surface area (Å²) in [5.74, 6) is 0. The molecular formula is C14H15NO. The van der Waals surface area contributed by atoms with Crippen molar-refractivity contribution in [3.05, 3.63) is 54.7 Å². The zero-order valence-corrected chi connectivity index (χ0v) is 9.13. The molecule has 82 valence electrons. The highest BCUT2D eigenvalue weighted by molar-refractivity contribution is 5.81. The summed E-state index contributed by atoms with van der Waals surface area (Å²) in [7, 11) is 0. The van der Waals surface area contributed by atoms with Gasteiger partial charge in [0, 0.05) is 17.1 Å². The number of aliphatic hydroxyl groups is 1. The molecule has 2 heteroatoms. The van der Waals surface area contributed by atoms with Crippen LogP contribution >= 0.6 is 0 Å². The van der Waals surface area contributed by atoms with E-state index in [2.05, 4.69) is 11.6 Å². The molecule has 0 aliphatic carbocycles. The fourth-order valence-corrected chi connectivity index (χ4v) is 1.83. The summed E-state index contributed by atoms with van der Waals surface area (Å²) in [6.45, 7) is 3.66. The third-order valence-electron chi connectivity index (χ3n) is 2.67. The first kappa shape index (κ1) is 10.8. The number of allylic oxidation sites excluding steroid dienone is 1. The molecule has 0 amide bonds. The van der Waals surface area contributed by atoms with Crippen LogP contribution in [-0.4, -0.2) is 10.1 Å². The van der Waals surface area contributed by atoms with E-state index < -0.39 is 6.10 Å². The minimum Gasteiger partial charge on any atom is -0.388 e. The third kappa shape index (κ3) is 2.12. The van der Waals surface area contributed by atoms with Crippen molar-refractivity contribution in [3.8, 4) is 0 Å². The lowest BCUT2D eigenvalue weighted by molar-refractivity contribution is 0.170. The Morgan fingerprint density at radius 1 is 1.31 bits per heavy atom. The van der Waals surface area contributed by atoms with E-state index in [1.54, 1.807) is 6.20 Å². The zero-order chi connectivity index (χ0) is 11.4. The normalized spacial score (nSPS) is 12.6. The predicted octanol–water partition coefficient (Wildman–Crippen LogP) is 3.23. The quantitative estimate of drug-likeness (QED) is 0.791. The van der Waals surface area contributed by atoms with Crippen molar-refractivity contribution in [2.24, 2.45) is 0 Å². The summed E-state index contributed by atoms with van der Waals surface area (Å²) in [5.41, 5.74) is 1.79. The molecule has 0 saturated heterocycles. The van der Waals surface area contributed by atoms with Gasteiger partial charge in [0.1, 0.15) is 0 Å². The molecule has 16 heavy (non-hydrogen) atoms. The molecule has 0 aliphatic heterocycles. The Bertz CT molecular complexity index is 488. The lowest BCUT2D eigenvalue weighted by Crippen LogP contribution is -1.98. The highest BCUT2D eigenvalue weighted by Crippen LogP contribution is 2.25. The molecule has 2 aromatic rings. The Morgan fingerprint density at radius 2 is 2.12 bits per heavy atom. The average molecular weight is 213 g/mol. The summed E-state index contributed by atoms with van der Waals surface area (Å²) in [5, 5.41) is 11.1. The van der Waals surface area contributed by atoms with Gasteiger partial charge in [0.25, 0.3) is 0 Å². The van der Waals surface area contributed by atoms with E-state index >= 15 is 0 Å². The Balaban J connectivity index is 2.39. The number of para-hydroxylation sites is 1. The van der Waals surface area contributed by atoms with Gasteiger partial charge in [0.2, 0.25) is 0 Å². The van der Waals surface area contributed by atoms with Gasteiger partial charge in [-0.1, -0.05) is 30.3 Å². The van der Waals surface area contributed by atoms with Crippen molar-refractivity contribution in [3.63, 3.8) is 0 Å². The Kier molecular flexibility index (Phi) is 3.32. The molecular weight excluding hydrogens is 198 g/mol. The Hall–Kier alpha value is -1.67. The maximum absolute atomic E-state index is 10.1. The number of hydrogen-bond donors (Lipinski definition) is 1. The molecule has 0 radical (unpaired) electrons. The predicted molar refractivity (Wildman–Crippen MR) is 66.1 cm³/mol. The lowest BCUT2D eigenvalue weighted by Gasteiger charge is -2.11. The van der Waals surface area contributed by atoms with Crippen molar-refractivity contribution in [1.82, 2.24) is 4.98 Å². The van der Waals surface area contributed by atoms with Gasteiger partial charge in [-0.15, -0.1) is 6.58 Å². The number of pyridine rings is 1. The van der Waals surface area contributed by atoms with Gasteiger partial charge in [0.05, 0.1) is 11.6 Å². The van der Waals surface area contributed by atoms with Crippen LogP contribution in [-0.2, 0) is 0 Å². The average Bonchev–Trinajstić information content (AvgIpc) is 2.35. The van der Waals surface area contributed by atoms with E-state index in [0.717, 1.165) is 22.9 Å². The number of fused-ring (bicyclic) bond motifs is 1. The maximum Gasteiger partial charge on any atom is 0.0814 e. The Morgan fingerprint density at radius 3 is 2.94 bits per heavy atom. The number of aromatic nitrogens is 1. The molecule has 1 heterocycles. The first-order valence-electron chi connectivity index (χ1n) is 5.45. The molecule has 1 atom stereocenters. The maximum atomic E-state index is 10.1. The summed E-state index contributed by atoms with van der Waals surface area (Å²) in [6.07, 6.45) is 4.62. The number of benzene rings is 1. The van der Waals surface area contributed by atoms with E-state index in [1.807, 2.05) is 36.4 Å². The molecule has 1 unspecified atom stereocenters. The molecule has 1 aromatic carbocycles. The molecule has 1 N–H and O–H groups in total.